The van der Waals surface area contributed by atoms with E-state index in [1.807, 2.05) is 24.3 Å². The minimum Gasteiger partial charge on any atom is -0.325 e. The number of aromatic nitrogens is 1. The molecular formula is C14H12N4O3. The Balaban J connectivity index is 1.75. The fraction of sp³-hybridized carbons (Fsp3) is 0.143. The van der Waals surface area contributed by atoms with Gasteiger partial charge in [0, 0.05) is 11.6 Å². The summed E-state index contributed by atoms with van der Waals surface area (Å²) in [5.74, 6) is -0.860. The minimum absolute atomic E-state index is 0.124. The number of nitrogens with zero attached hydrogens (tertiary/aromatic N) is 1. The molecule has 0 saturated carbocycles. The number of amides is 4. The van der Waals surface area contributed by atoms with E-state index in [0.29, 0.717) is 11.2 Å². The Morgan fingerprint density at radius 3 is 2.81 bits per heavy atom. The molecule has 7 heteroatoms. The highest BCUT2D eigenvalue weighted by Crippen LogP contribution is 2.20. The average molecular weight is 284 g/mol. The second-order valence-corrected chi connectivity index (χ2v) is 4.65. The molecular weight excluding hydrogens is 272 g/mol. The van der Waals surface area contributed by atoms with E-state index in [1.54, 1.807) is 12.3 Å². The fourth-order valence-electron chi connectivity index (χ4n) is 2.19. The molecule has 1 atom stereocenters. The number of carbonyl (C=O) groups excluding carboxylic acids is 3. The predicted molar refractivity (Wildman–Crippen MR) is 75.5 cm³/mol. The molecule has 1 fully saturated rings. The van der Waals surface area contributed by atoms with E-state index in [1.165, 1.54) is 0 Å². The molecule has 1 aromatic carbocycles. The highest BCUT2D eigenvalue weighted by atomic mass is 16.2. The zero-order chi connectivity index (χ0) is 14.8. The second-order valence-electron chi connectivity index (χ2n) is 4.65. The molecule has 1 unspecified atom stereocenters. The average Bonchev–Trinajstić information content (AvgIpc) is 2.77. The summed E-state index contributed by atoms with van der Waals surface area (Å²) in [4.78, 5) is 38.6. The van der Waals surface area contributed by atoms with Crippen LogP contribution in [0.2, 0.25) is 0 Å². The van der Waals surface area contributed by atoms with Crippen LogP contribution in [-0.4, -0.2) is 28.9 Å². The fourth-order valence-corrected chi connectivity index (χ4v) is 2.19. The Hall–Kier alpha value is -2.96. The zero-order valence-electron chi connectivity index (χ0n) is 10.9. The highest BCUT2D eigenvalue weighted by molar-refractivity contribution is 6.07. The number of rotatable bonds is 3. The van der Waals surface area contributed by atoms with Crippen molar-refractivity contribution in [3.8, 4) is 0 Å². The van der Waals surface area contributed by atoms with E-state index >= 15 is 0 Å². The number of benzene rings is 1. The monoisotopic (exact) mass is 284 g/mol. The number of anilines is 1. The first-order valence-electron chi connectivity index (χ1n) is 6.38. The smallest absolute Gasteiger partial charge is 0.322 e. The molecule has 0 spiro atoms. The largest absolute Gasteiger partial charge is 0.325 e. The summed E-state index contributed by atoms with van der Waals surface area (Å²) in [5, 5.41) is 8.09. The molecule has 1 aliphatic heterocycles. The van der Waals surface area contributed by atoms with Crippen LogP contribution in [-0.2, 0) is 9.59 Å². The van der Waals surface area contributed by atoms with Gasteiger partial charge in [-0.15, -0.1) is 0 Å². The topological polar surface area (TPSA) is 100 Å². The third-order valence-electron chi connectivity index (χ3n) is 3.15. The molecule has 2 heterocycles. The molecule has 3 N–H and O–H groups in total. The lowest BCUT2D eigenvalue weighted by molar-refractivity contribution is -0.124. The minimum atomic E-state index is -0.833. The molecule has 0 aliphatic carbocycles. The lowest BCUT2D eigenvalue weighted by Gasteiger charge is -2.10. The summed E-state index contributed by atoms with van der Waals surface area (Å²) < 4.78 is 0. The Bertz CT molecular complexity index is 739. The number of hydrogen-bond donors (Lipinski definition) is 3. The van der Waals surface area contributed by atoms with Crippen LogP contribution in [0.1, 0.15) is 6.42 Å². The Morgan fingerprint density at radius 2 is 2.05 bits per heavy atom. The van der Waals surface area contributed by atoms with Gasteiger partial charge < -0.3 is 10.6 Å². The van der Waals surface area contributed by atoms with E-state index in [-0.39, 0.29) is 12.3 Å². The van der Waals surface area contributed by atoms with Crippen molar-refractivity contribution in [3.63, 3.8) is 0 Å². The summed E-state index contributed by atoms with van der Waals surface area (Å²) in [5.41, 5.74) is 1.25. The van der Waals surface area contributed by atoms with Crippen LogP contribution in [0.5, 0.6) is 0 Å². The van der Waals surface area contributed by atoms with Crippen LogP contribution in [0.4, 0.5) is 10.5 Å². The first-order valence-corrected chi connectivity index (χ1v) is 6.38. The standard InChI is InChI=1S/C14H12N4O3/c19-11(7-10-13(20)18-14(21)17-10)16-9-5-1-3-8-4-2-6-15-12(8)9/h1-6,10H,7H2,(H,16,19)(H2,17,18,20,21). The van der Waals surface area contributed by atoms with Gasteiger partial charge in [0.05, 0.1) is 17.6 Å². The Labute approximate surface area is 119 Å². The number of pyridine rings is 1. The molecule has 3 rings (SSSR count). The van der Waals surface area contributed by atoms with Crippen molar-refractivity contribution >= 4 is 34.4 Å². The van der Waals surface area contributed by atoms with E-state index in [2.05, 4.69) is 20.9 Å². The van der Waals surface area contributed by atoms with Crippen LogP contribution in [0.15, 0.2) is 36.5 Å². The molecule has 106 valence electrons. The quantitative estimate of drug-likeness (QED) is 0.725. The summed E-state index contributed by atoms with van der Waals surface area (Å²) >= 11 is 0. The van der Waals surface area contributed by atoms with E-state index < -0.39 is 18.0 Å². The lowest BCUT2D eigenvalue weighted by atomic mass is 10.1. The molecule has 0 radical (unpaired) electrons. The third kappa shape index (κ3) is 2.66. The van der Waals surface area contributed by atoms with Gasteiger partial charge in [0.25, 0.3) is 5.91 Å². The Kier molecular flexibility index (Phi) is 3.23. The van der Waals surface area contributed by atoms with Gasteiger partial charge in [-0.2, -0.15) is 0 Å². The van der Waals surface area contributed by atoms with Crippen LogP contribution < -0.4 is 16.0 Å². The second kappa shape index (κ2) is 5.20. The number of urea groups is 1. The van der Waals surface area contributed by atoms with Crippen molar-refractivity contribution in [1.82, 2.24) is 15.6 Å². The molecule has 7 nitrogen and oxygen atoms in total. The van der Waals surface area contributed by atoms with Crippen LogP contribution in [0, 0.1) is 0 Å². The first-order chi connectivity index (χ1) is 10.1. The SMILES string of the molecule is O=C(CC1NC(=O)NC1=O)Nc1cccc2cccnc12. The van der Waals surface area contributed by atoms with Crippen molar-refractivity contribution < 1.29 is 14.4 Å². The number of hydrogen-bond acceptors (Lipinski definition) is 4. The summed E-state index contributed by atoms with van der Waals surface area (Å²) in [6.07, 6.45) is 1.52. The third-order valence-corrected chi connectivity index (χ3v) is 3.15. The van der Waals surface area contributed by atoms with Crippen LogP contribution in [0.3, 0.4) is 0 Å². The van der Waals surface area contributed by atoms with Crippen LogP contribution >= 0.6 is 0 Å². The number of nitrogens with one attached hydrogen (secondary N) is 3. The van der Waals surface area contributed by atoms with E-state index in [4.69, 9.17) is 0 Å². The molecule has 1 aliphatic rings. The van der Waals surface area contributed by atoms with Gasteiger partial charge in [0.1, 0.15) is 6.04 Å². The molecule has 1 aromatic heterocycles. The normalized spacial score (nSPS) is 17.4. The molecule has 1 saturated heterocycles. The molecule has 21 heavy (non-hydrogen) atoms. The van der Waals surface area contributed by atoms with Gasteiger partial charge in [-0.3, -0.25) is 19.9 Å². The molecule has 0 bridgehead atoms. The predicted octanol–water partition coefficient (Wildman–Crippen LogP) is 0.771. The van der Waals surface area contributed by atoms with Gasteiger partial charge in [0.2, 0.25) is 5.91 Å². The van der Waals surface area contributed by atoms with Gasteiger partial charge in [-0.25, -0.2) is 4.79 Å². The zero-order valence-corrected chi connectivity index (χ0v) is 10.9. The number of carbonyl (C=O) groups is 3. The summed E-state index contributed by atoms with van der Waals surface area (Å²) in [6.45, 7) is 0. The number of imide groups is 1. The summed E-state index contributed by atoms with van der Waals surface area (Å²) in [7, 11) is 0. The van der Waals surface area contributed by atoms with Gasteiger partial charge >= 0.3 is 6.03 Å². The van der Waals surface area contributed by atoms with Crippen molar-refractivity contribution in [1.29, 1.82) is 0 Å². The highest BCUT2D eigenvalue weighted by Gasteiger charge is 2.31. The van der Waals surface area contributed by atoms with Crippen molar-refractivity contribution in [2.75, 3.05) is 5.32 Å². The molecule has 2 aromatic rings. The maximum absolute atomic E-state index is 12.0. The number of para-hydroxylation sites is 1. The van der Waals surface area contributed by atoms with Gasteiger partial charge in [-0.05, 0) is 12.1 Å². The van der Waals surface area contributed by atoms with Crippen molar-refractivity contribution in [3.05, 3.63) is 36.5 Å². The maximum Gasteiger partial charge on any atom is 0.322 e. The lowest BCUT2D eigenvalue weighted by Crippen LogP contribution is -2.33. The first kappa shape index (κ1) is 13.0. The van der Waals surface area contributed by atoms with E-state index in [0.717, 1.165) is 5.39 Å². The van der Waals surface area contributed by atoms with Crippen molar-refractivity contribution in [2.45, 2.75) is 12.5 Å². The van der Waals surface area contributed by atoms with E-state index in [9.17, 15) is 14.4 Å². The van der Waals surface area contributed by atoms with Gasteiger partial charge in [-0.1, -0.05) is 18.2 Å². The number of fused-ring (bicyclic) bond motifs is 1. The molecule has 4 amide bonds. The van der Waals surface area contributed by atoms with Gasteiger partial charge in [0.15, 0.2) is 0 Å². The van der Waals surface area contributed by atoms with Crippen LogP contribution in [0.25, 0.3) is 10.9 Å². The Morgan fingerprint density at radius 1 is 1.24 bits per heavy atom. The maximum atomic E-state index is 12.0. The van der Waals surface area contributed by atoms with Crippen molar-refractivity contribution in [2.24, 2.45) is 0 Å². The summed E-state index contributed by atoms with van der Waals surface area (Å²) in [6, 6.07) is 7.73.